The Morgan fingerprint density at radius 3 is 1.95 bits per heavy atom. The molecule has 0 radical (unpaired) electrons. The minimum atomic E-state index is 0. The minimum absolute atomic E-state index is 0. The fourth-order valence-corrected chi connectivity index (χ4v) is 7.07. The van der Waals surface area contributed by atoms with Crippen LogP contribution in [0.25, 0.3) is 27.1 Å². The number of hydrogen-bond donors (Lipinski definition) is 0. The summed E-state index contributed by atoms with van der Waals surface area (Å²) in [7, 11) is 0. The van der Waals surface area contributed by atoms with E-state index < -0.39 is 0 Å². The van der Waals surface area contributed by atoms with E-state index in [1.165, 1.54) is 70.3 Å². The first-order valence-electron chi connectivity index (χ1n) is 14.6. The maximum absolute atomic E-state index is 2.47. The van der Waals surface area contributed by atoms with E-state index in [-0.39, 0.29) is 35.6 Å². The monoisotopic (exact) mass is 639 g/mol. The SMILES string of the molecule is CCC1=CCC(c2c(C(C)(C)C)ccc3c2[cH-]c2cc(C(C)(C)C)ccc23)=C1CC.[Cl-].[Cl-].[Zr+2]=[C]1CCCCC1. The molecule has 0 atom stereocenters. The topological polar surface area (TPSA) is 0 Å². The Hall–Kier alpha value is -0.877. The summed E-state index contributed by atoms with van der Waals surface area (Å²) in [6.45, 7) is 18.6. The summed E-state index contributed by atoms with van der Waals surface area (Å²) in [4.78, 5) is 0. The van der Waals surface area contributed by atoms with E-state index in [0.717, 1.165) is 19.3 Å². The molecule has 0 unspecified atom stereocenters. The molecule has 3 heteroatoms. The summed E-state index contributed by atoms with van der Waals surface area (Å²) in [5.41, 5.74) is 9.37. The van der Waals surface area contributed by atoms with Crippen molar-refractivity contribution >= 4 is 30.3 Å². The Kier molecular flexibility index (Phi) is 12.2. The molecule has 2 aliphatic rings. The predicted octanol–water partition coefficient (Wildman–Crippen LogP) is 4.89. The van der Waals surface area contributed by atoms with Crippen LogP contribution >= 0.6 is 0 Å². The van der Waals surface area contributed by atoms with Crippen molar-refractivity contribution in [3.8, 4) is 0 Å². The Labute approximate surface area is 265 Å². The van der Waals surface area contributed by atoms with Gasteiger partial charge in [0.15, 0.2) is 0 Å². The molecule has 210 valence electrons. The summed E-state index contributed by atoms with van der Waals surface area (Å²) in [5, 5.41) is 5.61. The fraction of sp³-hybridized carbons (Fsp3) is 0.500. The van der Waals surface area contributed by atoms with Crippen molar-refractivity contribution in [2.24, 2.45) is 0 Å². The van der Waals surface area contributed by atoms with Crippen molar-refractivity contribution in [3.63, 3.8) is 0 Å². The summed E-state index contributed by atoms with van der Waals surface area (Å²) in [6, 6.07) is 14.3. The standard InChI is InChI=1S/C30H37.C6H10.2ClH.Zr/c1-9-19-11-13-25(22(19)10-2)28-26-18-20-17-21(29(3,4)5)12-14-23(20)24(26)15-16-27(28)30(6,7)8;1-2-4-6-5-3-1;;;/h11-12,14-18H,9-10,13H2,1-8H3;1-5H2;2*1H;/q-1;;;;+2/p-2. The first-order chi connectivity index (χ1) is 17.5. The molecule has 3 aromatic rings. The van der Waals surface area contributed by atoms with Crippen LogP contribution in [0.4, 0.5) is 0 Å². The number of hydrogen-bond acceptors (Lipinski definition) is 0. The van der Waals surface area contributed by atoms with Crippen molar-refractivity contribution < 1.29 is 49.0 Å². The van der Waals surface area contributed by atoms with E-state index >= 15 is 0 Å². The summed E-state index contributed by atoms with van der Waals surface area (Å²) in [6.07, 6.45) is 13.1. The van der Waals surface area contributed by atoms with E-state index in [2.05, 4.69) is 97.9 Å². The Balaban J connectivity index is 0.000000518. The first-order valence-corrected chi connectivity index (χ1v) is 15.8. The number of benzene rings is 2. The second kappa shape index (κ2) is 13.9. The molecule has 0 aromatic heterocycles. The van der Waals surface area contributed by atoms with E-state index in [0.29, 0.717) is 0 Å². The van der Waals surface area contributed by atoms with Crippen molar-refractivity contribution in [2.75, 3.05) is 0 Å². The summed E-state index contributed by atoms with van der Waals surface area (Å²) >= 11 is 1.69. The van der Waals surface area contributed by atoms with E-state index in [4.69, 9.17) is 0 Å². The van der Waals surface area contributed by atoms with Crippen LogP contribution in [-0.2, 0) is 35.1 Å². The third-order valence-corrected chi connectivity index (χ3v) is 9.59. The zero-order valence-electron chi connectivity index (χ0n) is 25.5. The van der Waals surface area contributed by atoms with Gasteiger partial charge in [0.05, 0.1) is 0 Å². The normalized spacial score (nSPS) is 16.1. The molecule has 0 heterocycles. The molecule has 0 bridgehead atoms. The number of fused-ring (bicyclic) bond motifs is 3. The molecule has 5 rings (SSSR count). The van der Waals surface area contributed by atoms with Gasteiger partial charge in [-0.15, -0.1) is 33.7 Å². The average molecular weight is 642 g/mol. The average Bonchev–Trinajstić information content (AvgIpc) is 3.43. The molecular formula is C36H47Cl2Zr-. The Morgan fingerprint density at radius 2 is 1.44 bits per heavy atom. The van der Waals surface area contributed by atoms with Gasteiger partial charge in [-0.3, -0.25) is 0 Å². The van der Waals surface area contributed by atoms with Gasteiger partial charge in [-0.05, 0) is 41.2 Å². The van der Waals surface area contributed by atoms with Crippen LogP contribution in [0.1, 0.15) is 123 Å². The molecule has 0 aliphatic heterocycles. The van der Waals surface area contributed by atoms with Crippen LogP contribution in [0, 0.1) is 0 Å². The van der Waals surface area contributed by atoms with Crippen LogP contribution in [0.15, 0.2) is 53.6 Å². The van der Waals surface area contributed by atoms with Gasteiger partial charge in [-0.1, -0.05) is 108 Å². The quantitative estimate of drug-likeness (QED) is 0.358. The number of halogens is 2. The van der Waals surface area contributed by atoms with Gasteiger partial charge >= 0.3 is 59.5 Å². The van der Waals surface area contributed by atoms with E-state index in [9.17, 15) is 0 Å². The van der Waals surface area contributed by atoms with E-state index in [1.807, 2.05) is 0 Å². The van der Waals surface area contributed by atoms with E-state index in [1.54, 1.807) is 44.2 Å². The van der Waals surface area contributed by atoms with Gasteiger partial charge in [0.25, 0.3) is 0 Å². The summed E-state index contributed by atoms with van der Waals surface area (Å²) < 4.78 is 1.80. The van der Waals surface area contributed by atoms with Crippen LogP contribution in [-0.4, -0.2) is 3.21 Å². The van der Waals surface area contributed by atoms with Gasteiger partial charge < -0.3 is 24.8 Å². The van der Waals surface area contributed by atoms with Crippen molar-refractivity contribution in [3.05, 3.63) is 70.3 Å². The molecule has 3 aromatic carbocycles. The third kappa shape index (κ3) is 7.50. The summed E-state index contributed by atoms with van der Waals surface area (Å²) in [5.74, 6) is 0. The van der Waals surface area contributed by atoms with Crippen LogP contribution in [0.5, 0.6) is 0 Å². The Bertz CT molecular complexity index is 1360. The predicted molar refractivity (Wildman–Crippen MR) is 163 cm³/mol. The van der Waals surface area contributed by atoms with Crippen LogP contribution in [0.3, 0.4) is 0 Å². The molecule has 0 amide bonds. The van der Waals surface area contributed by atoms with Crippen LogP contribution < -0.4 is 24.8 Å². The van der Waals surface area contributed by atoms with Crippen molar-refractivity contribution in [1.29, 1.82) is 0 Å². The van der Waals surface area contributed by atoms with Crippen molar-refractivity contribution in [1.82, 2.24) is 0 Å². The first kappa shape index (κ1) is 34.3. The maximum atomic E-state index is 2.47. The van der Waals surface area contributed by atoms with Gasteiger partial charge in [-0.25, -0.2) is 0 Å². The fourth-order valence-electron chi connectivity index (χ4n) is 6.20. The zero-order valence-corrected chi connectivity index (χ0v) is 29.4. The Morgan fingerprint density at radius 1 is 0.795 bits per heavy atom. The number of allylic oxidation sites excluding steroid dienone is 4. The molecular weight excluding hydrogens is 595 g/mol. The zero-order chi connectivity index (χ0) is 27.0. The van der Waals surface area contributed by atoms with Gasteiger partial charge in [0.1, 0.15) is 0 Å². The third-order valence-electron chi connectivity index (χ3n) is 8.36. The van der Waals surface area contributed by atoms with Crippen LogP contribution in [0.2, 0.25) is 0 Å². The number of rotatable bonds is 3. The molecule has 0 saturated heterocycles. The molecule has 1 fully saturated rings. The molecule has 0 spiro atoms. The van der Waals surface area contributed by atoms with Gasteiger partial charge in [0, 0.05) is 0 Å². The van der Waals surface area contributed by atoms with Gasteiger partial charge in [-0.2, -0.15) is 0 Å². The van der Waals surface area contributed by atoms with Crippen molar-refractivity contribution in [2.45, 2.75) is 118 Å². The molecule has 2 aliphatic carbocycles. The molecule has 1 saturated carbocycles. The molecule has 39 heavy (non-hydrogen) atoms. The molecule has 0 N–H and O–H groups in total. The molecule has 0 nitrogen and oxygen atoms in total. The second-order valence-electron chi connectivity index (χ2n) is 13.2. The van der Waals surface area contributed by atoms with Gasteiger partial charge in [0.2, 0.25) is 0 Å². The second-order valence-corrected chi connectivity index (χ2v) is 14.9.